The van der Waals surface area contributed by atoms with E-state index in [1.165, 1.54) is 98.5 Å². The number of benzene rings is 9. The Morgan fingerprint density at radius 2 is 1.12 bits per heavy atom. The number of anilines is 2. The molecule has 0 bridgehead atoms. The topological polar surface area (TPSA) is 36.7 Å². The molecule has 14 aromatic rings. The highest BCUT2D eigenvalue weighted by atomic mass is 15.1. The van der Waals surface area contributed by atoms with Crippen LogP contribution in [-0.4, -0.2) is 22.8 Å². The van der Waals surface area contributed by atoms with Gasteiger partial charge in [-0.15, -0.1) is 0 Å². The minimum atomic E-state index is 0.0134. The number of para-hydroxylation sites is 5. The van der Waals surface area contributed by atoms with E-state index in [4.69, 9.17) is 0 Å². The summed E-state index contributed by atoms with van der Waals surface area (Å²) < 4.78 is 12.5. The van der Waals surface area contributed by atoms with E-state index in [9.17, 15) is 0 Å². The van der Waals surface area contributed by atoms with Crippen LogP contribution in [-0.2, 0) is 6.42 Å². The number of fused-ring (bicyclic) bond motifs is 12. The van der Waals surface area contributed by atoms with Gasteiger partial charge in [-0.1, -0.05) is 166 Å². The lowest BCUT2D eigenvalue weighted by Crippen LogP contribution is -2.11. The van der Waals surface area contributed by atoms with Crippen LogP contribution >= 0.6 is 0 Å². The molecule has 5 aromatic heterocycles. The van der Waals surface area contributed by atoms with E-state index in [1.807, 2.05) is 6.08 Å². The summed E-state index contributed by atoms with van der Waals surface area (Å²) in [5.41, 5.74) is 22.2. The van der Waals surface area contributed by atoms with Crippen molar-refractivity contribution in [3.05, 3.63) is 259 Å². The van der Waals surface area contributed by atoms with E-state index in [1.54, 1.807) is 0 Å². The minimum Gasteiger partial charge on any atom is -0.355 e. The van der Waals surface area contributed by atoms with Gasteiger partial charge >= 0.3 is 0 Å². The molecule has 82 heavy (non-hydrogen) atoms. The molecule has 0 saturated heterocycles. The molecule has 0 aliphatic heterocycles. The van der Waals surface area contributed by atoms with Gasteiger partial charge in [0.25, 0.3) is 0 Å². The zero-order valence-electron chi connectivity index (χ0n) is 46.7. The number of hydrogen-bond acceptors (Lipinski definition) is 1. The van der Waals surface area contributed by atoms with Gasteiger partial charge in [0.1, 0.15) is 0 Å². The van der Waals surface area contributed by atoms with Crippen LogP contribution in [0.25, 0.3) is 128 Å². The highest BCUT2D eigenvalue weighted by Gasteiger charge is 2.27. The molecule has 1 N–H and O–H groups in total. The van der Waals surface area contributed by atoms with Crippen molar-refractivity contribution in [1.29, 1.82) is 0 Å². The van der Waals surface area contributed by atoms with E-state index in [-0.39, 0.29) is 6.04 Å². The van der Waals surface area contributed by atoms with Crippen molar-refractivity contribution in [2.45, 2.75) is 53.0 Å². The van der Waals surface area contributed by atoms with E-state index >= 15 is 0 Å². The Morgan fingerprint density at radius 1 is 0.524 bits per heavy atom. The van der Waals surface area contributed by atoms with Crippen molar-refractivity contribution in [3.8, 4) is 17.1 Å². The number of nitrogens with one attached hydrogen (secondary N) is 1. The maximum absolute atomic E-state index is 4.42. The van der Waals surface area contributed by atoms with Gasteiger partial charge in [0.05, 0.1) is 50.4 Å². The predicted octanol–water partition coefficient (Wildman–Crippen LogP) is 20.6. The number of hydrogen-bond donors (Lipinski definition) is 1. The Bertz CT molecular complexity index is 5010. The Balaban J connectivity index is 0.878. The number of allylic oxidation sites excluding steroid dienone is 6. The first-order valence-electron chi connectivity index (χ1n) is 29.0. The second-order valence-electron chi connectivity index (χ2n) is 21.8. The lowest BCUT2D eigenvalue weighted by molar-refractivity contribution is 0.647. The smallest absolute Gasteiger partial charge is 0.0641 e. The minimum absolute atomic E-state index is 0.0134. The zero-order valence-corrected chi connectivity index (χ0v) is 46.7. The first-order chi connectivity index (χ1) is 40.5. The third-order valence-electron chi connectivity index (χ3n) is 17.3. The normalized spacial score (nSPS) is 14.0. The van der Waals surface area contributed by atoms with Gasteiger partial charge in [-0.2, -0.15) is 0 Å². The molecule has 1 aliphatic carbocycles. The van der Waals surface area contributed by atoms with Gasteiger partial charge in [-0.25, -0.2) is 0 Å². The zero-order chi connectivity index (χ0) is 55.2. The molecule has 6 heteroatoms. The van der Waals surface area contributed by atoms with Crippen LogP contribution in [0.4, 0.5) is 11.4 Å². The molecule has 1 aliphatic rings. The number of nitrogens with zero attached hydrogens (tertiary/aromatic N) is 5. The van der Waals surface area contributed by atoms with Gasteiger partial charge in [0.2, 0.25) is 0 Å². The second-order valence-corrected chi connectivity index (χ2v) is 21.8. The highest BCUT2D eigenvalue weighted by molar-refractivity contribution is 6.26. The van der Waals surface area contributed by atoms with Crippen LogP contribution in [0, 0.1) is 6.92 Å². The third kappa shape index (κ3) is 7.41. The average molecular weight is 1060 g/mol. The lowest BCUT2D eigenvalue weighted by atomic mass is 10.0. The summed E-state index contributed by atoms with van der Waals surface area (Å²) in [5.74, 6) is 0. The monoisotopic (exact) mass is 1060 g/mol. The molecule has 15 rings (SSSR count). The Morgan fingerprint density at radius 3 is 1.80 bits per heavy atom. The number of rotatable bonds is 12. The van der Waals surface area contributed by atoms with Crippen molar-refractivity contribution >= 4 is 123 Å². The molecule has 0 fully saturated rings. The van der Waals surface area contributed by atoms with Crippen LogP contribution in [0.1, 0.15) is 67.7 Å². The third-order valence-corrected chi connectivity index (χ3v) is 17.3. The number of aryl methyl sites for hydroxylation is 1. The predicted molar refractivity (Wildman–Crippen MR) is 352 cm³/mol. The summed E-state index contributed by atoms with van der Waals surface area (Å²) in [7, 11) is 0. The van der Waals surface area contributed by atoms with Crippen LogP contribution < -0.4 is 5.32 Å². The van der Waals surface area contributed by atoms with Crippen LogP contribution in [0.2, 0.25) is 0 Å². The quantitative estimate of drug-likeness (QED) is 0.130. The van der Waals surface area contributed by atoms with E-state index < -0.39 is 0 Å². The molecule has 0 spiro atoms. The largest absolute Gasteiger partial charge is 0.355 e. The molecule has 1 unspecified atom stereocenters. The highest BCUT2D eigenvalue weighted by Crippen LogP contribution is 2.46. The second kappa shape index (κ2) is 19.6. The van der Waals surface area contributed by atoms with Crippen molar-refractivity contribution < 1.29 is 0 Å². The van der Waals surface area contributed by atoms with Crippen LogP contribution in [0.5, 0.6) is 0 Å². The molecule has 9 aromatic carbocycles. The first kappa shape index (κ1) is 49.0. The number of aromatic nitrogens is 5. The van der Waals surface area contributed by atoms with Crippen LogP contribution in [0.3, 0.4) is 0 Å². The molecule has 0 amide bonds. The van der Waals surface area contributed by atoms with Crippen molar-refractivity contribution in [1.82, 2.24) is 22.8 Å². The Labute approximate surface area is 477 Å². The maximum atomic E-state index is 4.42. The van der Waals surface area contributed by atoms with Gasteiger partial charge in [0.15, 0.2) is 0 Å². The molecule has 0 radical (unpaired) electrons. The van der Waals surface area contributed by atoms with Gasteiger partial charge in [0, 0.05) is 99.6 Å². The molecule has 6 nitrogen and oxygen atoms in total. The standard InChI is InChI=1S/C76H62N6/c1-6-10-31-57-58-32-11-16-37-68(58)78(66(57)9-4)51-26-21-25-50(46-51)77-65-44-42-62-56(8-3)67(24-7-2)81(75(62)49(65)5)54-29-23-28-53(48-54)80-72-41-20-15-36-64(72)74-73(80)45-43-63-61-35-14-19-40-71(61)82(76(63)74)55-30-22-27-52(47-55)79-69-38-17-12-33-59(69)60-34-13-18-39-70(60)79/h7-8,10-27,29-48,53,77H,3,6,9,28H2,1-2,4-5H3/b24-7-,31-10-. The van der Waals surface area contributed by atoms with Crippen molar-refractivity contribution in [2.24, 2.45) is 0 Å². The molecule has 5 heterocycles. The summed E-state index contributed by atoms with van der Waals surface area (Å²) in [5, 5.41) is 13.9. The average Bonchev–Trinajstić information content (AvgIpc) is 4.10. The molecular weight excluding hydrogens is 997 g/mol. The molecule has 396 valence electrons. The van der Waals surface area contributed by atoms with Crippen molar-refractivity contribution in [3.63, 3.8) is 0 Å². The fourth-order valence-corrected chi connectivity index (χ4v) is 13.9. The van der Waals surface area contributed by atoms with Gasteiger partial charge in [-0.3, -0.25) is 0 Å². The SMILES string of the molecule is C=Cc1c(/C=C\C)n(C2=CC(n3c4ccccc4c4c5c(ccc43)c3ccccc3n5-c3cccc(-n4c5ccccc5c5ccccc54)c3)CC=C2)c2c(C)c(Nc3cccc(-n4c(CC)c(/C=C\CC)c5ccccc54)c3)ccc12. The van der Waals surface area contributed by atoms with Crippen molar-refractivity contribution in [2.75, 3.05) is 5.32 Å². The summed E-state index contributed by atoms with van der Waals surface area (Å²) in [4.78, 5) is 0. The summed E-state index contributed by atoms with van der Waals surface area (Å²) in [6.45, 7) is 13.2. The van der Waals surface area contributed by atoms with E-state index in [0.29, 0.717) is 0 Å². The first-order valence-corrected chi connectivity index (χ1v) is 29.0. The lowest BCUT2D eigenvalue weighted by Gasteiger charge is -2.23. The summed E-state index contributed by atoms with van der Waals surface area (Å²) in [6.07, 6.45) is 21.0. The Kier molecular flexibility index (Phi) is 11.7. The molecule has 0 saturated carbocycles. The van der Waals surface area contributed by atoms with Crippen LogP contribution in [0.15, 0.2) is 231 Å². The van der Waals surface area contributed by atoms with Gasteiger partial charge < -0.3 is 28.2 Å². The fraction of sp³-hybridized carbons (Fsp3) is 0.105. The molecular formula is C76H62N6. The summed E-state index contributed by atoms with van der Waals surface area (Å²) in [6, 6.07) is 71.6. The van der Waals surface area contributed by atoms with Gasteiger partial charge in [-0.05, 0) is 136 Å². The maximum Gasteiger partial charge on any atom is 0.0641 e. The Hall–Kier alpha value is -10.0. The summed E-state index contributed by atoms with van der Waals surface area (Å²) >= 11 is 0. The molecule has 1 atom stereocenters. The van der Waals surface area contributed by atoms with E-state index in [0.717, 1.165) is 70.2 Å². The fourth-order valence-electron chi connectivity index (χ4n) is 13.9. The van der Waals surface area contributed by atoms with E-state index in [2.05, 4.69) is 299 Å².